The predicted molar refractivity (Wildman–Crippen MR) is 60.9 cm³/mol. The Labute approximate surface area is 90.7 Å². The largest absolute Gasteiger partial charge is 0.357 e. The zero-order chi connectivity index (χ0) is 10.5. The molecule has 0 aliphatic carbocycles. The van der Waals surface area contributed by atoms with Crippen LogP contribution in [0, 0.1) is 0 Å². The van der Waals surface area contributed by atoms with Crippen molar-refractivity contribution in [2.24, 2.45) is 0 Å². The maximum Gasteiger partial charge on any atom is 0.151 e. The number of nitrogens with zero attached hydrogens (tertiary/aromatic N) is 3. The molecule has 1 N–H and O–H groups in total. The first-order chi connectivity index (χ1) is 7.36. The Balaban J connectivity index is 1.88. The third kappa shape index (κ3) is 2.89. The Hall–Kier alpha value is -1.16. The summed E-state index contributed by atoms with van der Waals surface area (Å²) in [4.78, 5) is 2.16. The van der Waals surface area contributed by atoms with E-state index in [1.807, 2.05) is 12.1 Å². The lowest BCUT2D eigenvalue weighted by atomic mass is 10.0. The number of piperidine rings is 1. The Bertz CT molecular complexity index is 282. The summed E-state index contributed by atoms with van der Waals surface area (Å²) in [6.07, 6.45) is 5.62. The molecule has 15 heavy (non-hydrogen) atoms. The molecule has 0 amide bonds. The summed E-state index contributed by atoms with van der Waals surface area (Å²) >= 11 is 0. The smallest absolute Gasteiger partial charge is 0.151 e. The summed E-state index contributed by atoms with van der Waals surface area (Å²) in [5.41, 5.74) is 0. The molecular weight excluding hydrogens is 188 g/mol. The second-order valence-corrected chi connectivity index (χ2v) is 4.11. The summed E-state index contributed by atoms with van der Waals surface area (Å²) in [5, 5.41) is 11.5. The number of rotatable bonds is 3. The molecule has 1 saturated heterocycles. The average Bonchev–Trinajstić information content (AvgIpc) is 2.31. The van der Waals surface area contributed by atoms with E-state index in [9.17, 15) is 0 Å². The van der Waals surface area contributed by atoms with Crippen molar-refractivity contribution in [3.05, 3.63) is 18.3 Å². The molecule has 1 aromatic heterocycles. The van der Waals surface area contributed by atoms with Crippen LogP contribution in [-0.4, -0.2) is 36.4 Å². The topological polar surface area (TPSA) is 41.0 Å². The van der Waals surface area contributed by atoms with Crippen molar-refractivity contribution in [3.63, 3.8) is 0 Å². The molecule has 0 aromatic carbocycles. The van der Waals surface area contributed by atoms with Crippen LogP contribution in [0.15, 0.2) is 18.3 Å². The number of aromatic nitrogens is 2. The maximum atomic E-state index is 4.09. The fourth-order valence-corrected chi connectivity index (χ4v) is 2.00. The molecule has 0 radical (unpaired) electrons. The van der Waals surface area contributed by atoms with E-state index in [-0.39, 0.29) is 0 Å². The van der Waals surface area contributed by atoms with Crippen LogP contribution in [0.1, 0.15) is 19.3 Å². The fourth-order valence-electron chi connectivity index (χ4n) is 2.00. The van der Waals surface area contributed by atoms with Gasteiger partial charge in [0.15, 0.2) is 5.82 Å². The maximum absolute atomic E-state index is 4.09. The van der Waals surface area contributed by atoms with Gasteiger partial charge in [-0.1, -0.05) is 6.42 Å². The van der Waals surface area contributed by atoms with Crippen LogP contribution < -0.4 is 10.2 Å². The van der Waals surface area contributed by atoms with E-state index < -0.39 is 0 Å². The van der Waals surface area contributed by atoms with Crippen LogP contribution in [0.3, 0.4) is 0 Å². The highest BCUT2D eigenvalue weighted by molar-refractivity contribution is 5.35. The summed E-state index contributed by atoms with van der Waals surface area (Å²) < 4.78 is 0. The van der Waals surface area contributed by atoms with Crippen LogP contribution in [0.25, 0.3) is 0 Å². The van der Waals surface area contributed by atoms with Crippen molar-refractivity contribution in [3.8, 4) is 0 Å². The van der Waals surface area contributed by atoms with Gasteiger partial charge in [-0.15, -0.1) is 5.10 Å². The molecule has 1 fully saturated rings. The standard InChI is InChI=1S/C11H18N4/c1-15(11-6-4-8-13-14-11)9-10-5-2-3-7-12-10/h4,6,8,10,12H,2-3,5,7,9H2,1H3. The van der Waals surface area contributed by atoms with Crippen molar-refractivity contribution in [1.29, 1.82) is 0 Å². The third-order valence-corrected chi connectivity index (χ3v) is 2.86. The number of hydrogen-bond donors (Lipinski definition) is 1. The zero-order valence-electron chi connectivity index (χ0n) is 9.19. The molecule has 1 aromatic rings. The van der Waals surface area contributed by atoms with Gasteiger partial charge in [-0.2, -0.15) is 5.10 Å². The molecule has 1 unspecified atom stereocenters. The van der Waals surface area contributed by atoms with Crippen molar-refractivity contribution in [2.75, 3.05) is 25.0 Å². The molecule has 0 spiro atoms. The van der Waals surface area contributed by atoms with Crippen molar-refractivity contribution < 1.29 is 0 Å². The van der Waals surface area contributed by atoms with Gasteiger partial charge < -0.3 is 10.2 Å². The van der Waals surface area contributed by atoms with Crippen LogP contribution in [0.5, 0.6) is 0 Å². The molecule has 82 valence electrons. The summed E-state index contributed by atoms with van der Waals surface area (Å²) in [5.74, 6) is 0.949. The van der Waals surface area contributed by atoms with Crippen LogP contribution in [-0.2, 0) is 0 Å². The van der Waals surface area contributed by atoms with E-state index in [0.29, 0.717) is 6.04 Å². The molecule has 1 aliphatic rings. The van der Waals surface area contributed by atoms with Gasteiger partial charge in [-0.05, 0) is 31.5 Å². The predicted octanol–water partition coefficient (Wildman–Crippen LogP) is 1.05. The molecule has 0 saturated carbocycles. The van der Waals surface area contributed by atoms with Crippen molar-refractivity contribution in [2.45, 2.75) is 25.3 Å². The second-order valence-electron chi connectivity index (χ2n) is 4.11. The van der Waals surface area contributed by atoms with Crippen LogP contribution >= 0.6 is 0 Å². The van der Waals surface area contributed by atoms with Crippen molar-refractivity contribution in [1.82, 2.24) is 15.5 Å². The highest BCUT2D eigenvalue weighted by Gasteiger charge is 2.15. The van der Waals surface area contributed by atoms with E-state index in [4.69, 9.17) is 0 Å². The Morgan fingerprint density at radius 2 is 2.47 bits per heavy atom. The highest BCUT2D eigenvalue weighted by Crippen LogP contribution is 2.11. The number of nitrogens with one attached hydrogen (secondary N) is 1. The fraction of sp³-hybridized carbons (Fsp3) is 0.636. The third-order valence-electron chi connectivity index (χ3n) is 2.86. The lowest BCUT2D eigenvalue weighted by Gasteiger charge is -2.28. The Morgan fingerprint density at radius 1 is 1.53 bits per heavy atom. The highest BCUT2D eigenvalue weighted by atomic mass is 15.2. The van der Waals surface area contributed by atoms with Gasteiger partial charge in [0.25, 0.3) is 0 Å². The first-order valence-corrected chi connectivity index (χ1v) is 5.58. The summed E-state index contributed by atoms with van der Waals surface area (Å²) in [6.45, 7) is 2.16. The van der Waals surface area contributed by atoms with E-state index in [1.165, 1.54) is 19.3 Å². The minimum Gasteiger partial charge on any atom is -0.357 e. The molecule has 4 nitrogen and oxygen atoms in total. The van der Waals surface area contributed by atoms with E-state index in [0.717, 1.165) is 18.9 Å². The number of likely N-dealkylation sites (N-methyl/N-ethyl adjacent to an activating group) is 1. The van der Waals surface area contributed by atoms with Crippen LogP contribution in [0.4, 0.5) is 5.82 Å². The van der Waals surface area contributed by atoms with Gasteiger partial charge in [0, 0.05) is 25.8 Å². The monoisotopic (exact) mass is 206 g/mol. The normalized spacial score (nSPS) is 21.3. The Kier molecular flexibility index (Phi) is 3.50. The molecule has 4 heteroatoms. The van der Waals surface area contributed by atoms with Gasteiger partial charge in [-0.25, -0.2) is 0 Å². The minimum absolute atomic E-state index is 0.603. The van der Waals surface area contributed by atoms with Crippen LogP contribution in [0.2, 0.25) is 0 Å². The van der Waals surface area contributed by atoms with E-state index in [2.05, 4.69) is 27.5 Å². The lowest BCUT2D eigenvalue weighted by Crippen LogP contribution is -2.42. The van der Waals surface area contributed by atoms with E-state index in [1.54, 1.807) is 6.20 Å². The molecule has 0 bridgehead atoms. The minimum atomic E-state index is 0.603. The summed E-state index contributed by atoms with van der Waals surface area (Å²) in [7, 11) is 2.07. The number of hydrogen-bond acceptors (Lipinski definition) is 4. The molecule has 1 aliphatic heterocycles. The second kappa shape index (κ2) is 5.07. The molecule has 1 atom stereocenters. The molecule has 2 rings (SSSR count). The van der Waals surface area contributed by atoms with Gasteiger partial charge in [-0.3, -0.25) is 0 Å². The molecular formula is C11H18N4. The van der Waals surface area contributed by atoms with E-state index >= 15 is 0 Å². The van der Waals surface area contributed by atoms with Gasteiger partial charge in [0.05, 0.1) is 0 Å². The van der Waals surface area contributed by atoms with Gasteiger partial charge >= 0.3 is 0 Å². The SMILES string of the molecule is CN(CC1CCCCN1)c1cccnn1. The summed E-state index contributed by atoms with van der Waals surface area (Å²) in [6, 6.07) is 4.52. The number of anilines is 1. The Morgan fingerprint density at radius 3 is 3.13 bits per heavy atom. The zero-order valence-corrected chi connectivity index (χ0v) is 9.19. The molecule has 2 heterocycles. The van der Waals surface area contributed by atoms with Gasteiger partial charge in [0.1, 0.15) is 0 Å². The quantitative estimate of drug-likeness (QED) is 0.802. The average molecular weight is 206 g/mol. The first-order valence-electron chi connectivity index (χ1n) is 5.58. The van der Waals surface area contributed by atoms with Crippen molar-refractivity contribution >= 4 is 5.82 Å². The van der Waals surface area contributed by atoms with Gasteiger partial charge in [0.2, 0.25) is 0 Å². The first kappa shape index (κ1) is 10.4. The lowest BCUT2D eigenvalue weighted by molar-refractivity contribution is 0.402.